The summed E-state index contributed by atoms with van der Waals surface area (Å²) < 4.78 is 21.5. The normalized spacial score (nSPS) is 13.1. The van der Waals surface area contributed by atoms with Crippen LogP contribution in [-0.2, 0) is 24.8 Å². The van der Waals surface area contributed by atoms with E-state index in [4.69, 9.17) is 8.92 Å². The van der Waals surface area contributed by atoms with E-state index in [-0.39, 0.29) is 5.97 Å². The maximum absolute atomic E-state index is 11.2. The van der Waals surface area contributed by atoms with Crippen LogP contribution >= 0.6 is 0 Å². The van der Waals surface area contributed by atoms with Gasteiger partial charge >= 0.3 is 5.97 Å². The molecule has 0 aliphatic heterocycles. The summed E-state index contributed by atoms with van der Waals surface area (Å²) >= 11 is -1.19. The average Bonchev–Trinajstić information content (AvgIpc) is 2.27. The molecule has 0 fully saturated rings. The second-order valence-electron chi connectivity index (χ2n) is 4.83. The van der Waals surface area contributed by atoms with Crippen LogP contribution in [0, 0.1) is 0 Å². The van der Waals surface area contributed by atoms with Crippen LogP contribution in [-0.4, -0.2) is 61.3 Å². The molecule has 106 valence electrons. The van der Waals surface area contributed by atoms with E-state index < -0.39 is 11.1 Å². The van der Waals surface area contributed by atoms with Crippen molar-refractivity contribution in [2.24, 2.45) is 0 Å². The van der Waals surface area contributed by atoms with Crippen molar-refractivity contribution in [2.45, 2.75) is 13.3 Å². The molecule has 0 aromatic heterocycles. The lowest BCUT2D eigenvalue weighted by Crippen LogP contribution is -2.43. The Balaban J connectivity index is 3.83. The monoisotopic (exact) mass is 278 g/mol. The van der Waals surface area contributed by atoms with E-state index >= 15 is 0 Å². The molecule has 0 N–H and O–H groups in total. The lowest BCUT2D eigenvalue weighted by molar-refractivity contribution is -0.890. The zero-order chi connectivity index (χ0) is 14.2. The summed E-state index contributed by atoms with van der Waals surface area (Å²) in [5.74, 6) is 0.180. The van der Waals surface area contributed by atoms with Gasteiger partial charge in [-0.15, -0.1) is 0 Å². The lowest BCUT2D eigenvalue weighted by Gasteiger charge is -2.29. The Morgan fingerprint density at radius 3 is 2.44 bits per heavy atom. The van der Waals surface area contributed by atoms with E-state index in [0.717, 1.165) is 19.5 Å². The largest absolute Gasteiger partial charge is 0.456 e. The standard InChI is InChI=1S/C12H24NO4S/c1-11(2)12(14)17-9-8-13(3,4)7-6-10-18(15)16-5/h1,6-10H2,2-5H3/q+1. The number of ether oxygens (including phenoxy) is 1. The highest BCUT2D eigenvalue weighted by Gasteiger charge is 2.16. The number of nitrogens with zero attached hydrogens (tertiary/aromatic N) is 1. The Bertz CT molecular complexity index is 315. The van der Waals surface area contributed by atoms with Crippen molar-refractivity contribution in [3.8, 4) is 0 Å². The van der Waals surface area contributed by atoms with E-state index in [1.807, 2.05) is 14.1 Å². The zero-order valence-corrected chi connectivity index (χ0v) is 12.5. The van der Waals surface area contributed by atoms with Crippen LogP contribution in [0.15, 0.2) is 12.2 Å². The smallest absolute Gasteiger partial charge is 0.333 e. The van der Waals surface area contributed by atoms with Crippen molar-refractivity contribution >= 4 is 17.0 Å². The number of quaternary nitrogens is 1. The van der Waals surface area contributed by atoms with Gasteiger partial charge in [-0.3, -0.25) is 4.18 Å². The first kappa shape index (κ1) is 17.3. The summed E-state index contributed by atoms with van der Waals surface area (Å²) in [4.78, 5) is 11.2. The van der Waals surface area contributed by atoms with Crippen molar-refractivity contribution in [3.63, 3.8) is 0 Å². The fourth-order valence-electron chi connectivity index (χ4n) is 1.31. The number of hydrogen-bond acceptors (Lipinski definition) is 4. The minimum absolute atomic E-state index is 0.351. The molecule has 18 heavy (non-hydrogen) atoms. The fourth-order valence-corrected chi connectivity index (χ4v) is 1.85. The number of rotatable bonds is 9. The Kier molecular flexibility index (Phi) is 8.06. The molecule has 0 aliphatic carbocycles. The summed E-state index contributed by atoms with van der Waals surface area (Å²) in [6, 6.07) is 0. The summed E-state index contributed by atoms with van der Waals surface area (Å²) in [6.45, 7) is 7.10. The van der Waals surface area contributed by atoms with Gasteiger partial charge in [0.1, 0.15) is 13.2 Å². The highest BCUT2D eigenvalue weighted by atomic mass is 32.2. The first-order valence-corrected chi connectivity index (χ1v) is 7.10. The summed E-state index contributed by atoms with van der Waals surface area (Å²) in [5, 5.41) is 0. The SMILES string of the molecule is C=C(C)C(=O)OCC[N+](C)(C)CCCS(=O)OC. The fraction of sp³-hybridized carbons (Fsp3) is 0.750. The number of carbonyl (C=O) groups excluding carboxylic acids is 1. The third kappa shape index (κ3) is 8.38. The molecule has 0 aliphatic rings. The predicted octanol–water partition coefficient (Wildman–Crippen LogP) is 0.882. The van der Waals surface area contributed by atoms with E-state index in [1.54, 1.807) is 6.92 Å². The Morgan fingerprint density at radius 2 is 1.94 bits per heavy atom. The number of carbonyl (C=O) groups is 1. The van der Waals surface area contributed by atoms with Crippen molar-refractivity contribution in [1.29, 1.82) is 0 Å². The summed E-state index contributed by atoms with van der Waals surface area (Å²) in [7, 11) is 5.53. The van der Waals surface area contributed by atoms with Crippen LogP contribution in [0.5, 0.6) is 0 Å². The van der Waals surface area contributed by atoms with Gasteiger partial charge in [0.25, 0.3) is 0 Å². The topological polar surface area (TPSA) is 52.6 Å². The summed E-state index contributed by atoms with van der Waals surface area (Å²) in [6.07, 6.45) is 0.807. The molecule has 0 saturated carbocycles. The molecule has 0 heterocycles. The van der Waals surface area contributed by atoms with E-state index in [2.05, 4.69) is 6.58 Å². The predicted molar refractivity (Wildman–Crippen MR) is 72.3 cm³/mol. The second kappa shape index (κ2) is 8.39. The highest BCUT2D eigenvalue weighted by molar-refractivity contribution is 7.80. The Morgan fingerprint density at radius 1 is 1.33 bits per heavy atom. The van der Waals surface area contributed by atoms with Crippen LogP contribution in [0.4, 0.5) is 0 Å². The second-order valence-corrected chi connectivity index (χ2v) is 6.18. The first-order valence-electron chi connectivity index (χ1n) is 5.86. The minimum Gasteiger partial charge on any atom is -0.456 e. The molecule has 0 aromatic carbocycles. The van der Waals surface area contributed by atoms with Gasteiger partial charge in [0, 0.05) is 12.0 Å². The first-order chi connectivity index (χ1) is 8.28. The lowest BCUT2D eigenvalue weighted by atomic mass is 10.3. The van der Waals surface area contributed by atoms with Gasteiger partial charge < -0.3 is 9.22 Å². The maximum Gasteiger partial charge on any atom is 0.333 e. The minimum atomic E-state index is -1.19. The molecule has 0 rings (SSSR count). The van der Waals surface area contributed by atoms with Crippen molar-refractivity contribution in [1.82, 2.24) is 0 Å². The van der Waals surface area contributed by atoms with Crippen LogP contribution in [0.2, 0.25) is 0 Å². The molecule has 0 saturated heterocycles. The number of likely N-dealkylation sites (N-methyl/N-ethyl adjacent to an activating group) is 1. The molecule has 0 radical (unpaired) electrons. The molecular formula is C12H24NO4S+. The maximum atomic E-state index is 11.2. The molecule has 0 spiro atoms. The van der Waals surface area contributed by atoms with Crippen LogP contribution in [0.1, 0.15) is 13.3 Å². The zero-order valence-electron chi connectivity index (χ0n) is 11.7. The Hall–Kier alpha value is -0.720. The average molecular weight is 278 g/mol. The molecule has 0 amide bonds. The summed E-state index contributed by atoms with van der Waals surface area (Å²) in [5.41, 5.74) is 0.413. The number of hydrogen-bond donors (Lipinski definition) is 0. The molecule has 1 atom stereocenters. The third-order valence-corrected chi connectivity index (χ3v) is 3.53. The van der Waals surface area contributed by atoms with Gasteiger partial charge in [-0.25, -0.2) is 9.00 Å². The van der Waals surface area contributed by atoms with Gasteiger partial charge in [-0.05, 0) is 6.92 Å². The molecular weight excluding hydrogens is 254 g/mol. The van der Waals surface area contributed by atoms with Gasteiger partial charge in [0.2, 0.25) is 0 Å². The van der Waals surface area contributed by atoms with Gasteiger partial charge in [-0.1, -0.05) is 6.58 Å². The quantitative estimate of drug-likeness (QED) is 0.357. The molecule has 1 unspecified atom stereocenters. The molecule has 0 bridgehead atoms. The van der Waals surface area contributed by atoms with Crippen molar-refractivity contribution in [3.05, 3.63) is 12.2 Å². The molecule has 0 aromatic rings. The molecule has 5 nitrogen and oxygen atoms in total. The third-order valence-electron chi connectivity index (χ3n) is 2.54. The number of esters is 1. The van der Waals surface area contributed by atoms with Crippen molar-refractivity contribution in [2.75, 3.05) is 46.7 Å². The molecule has 6 heteroatoms. The van der Waals surface area contributed by atoms with Crippen LogP contribution < -0.4 is 0 Å². The van der Waals surface area contributed by atoms with Crippen LogP contribution in [0.25, 0.3) is 0 Å². The Labute approximate surface area is 112 Å². The van der Waals surface area contributed by atoms with E-state index in [1.165, 1.54) is 7.11 Å². The highest BCUT2D eigenvalue weighted by Crippen LogP contribution is 2.02. The van der Waals surface area contributed by atoms with Gasteiger partial charge in [-0.2, -0.15) is 0 Å². The van der Waals surface area contributed by atoms with Gasteiger partial charge in [0.05, 0.1) is 33.5 Å². The van der Waals surface area contributed by atoms with Crippen molar-refractivity contribution < 1.29 is 22.4 Å². The van der Waals surface area contributed by atoms with E-state index in [9.17, 15) is 9.00 Å². The van der Waals surface area contributed by atoms with E-state index in [0.29, 0.717) is 22.4 Å². The van der Waals surface area contributed by atoms with Gasteiger partial charge in [0.15, 0.2) is 11.1 Å². The van der Waals surface area contributed by atoms with Crippen LogP contribution in [0.3, 0.4) is 0 Å².